The standard InChI is InChI=1S/C7H5NS/c1-2-4-7-6(3-1)8-5-9-7/h1-5H/q+1. The first-order valence-corrected chi connectivity index (χ1v) is 3.63. The van der Waals surface area contributed by atoms with E-state index in [1.54, 1.807) is 11.8 Å². The Kier molecular flexibility index (Phi) is 1.06. The van der Waals surface area contributed by atoms with E-state index in [0.29, 0.717) is 0 Å². The van der Waals surface area contributed by atoms with E-state index in [1.165, 1.54) is 4.90 Å². The van der Waals surface area contributed by atoms with Gasteiger partial charge in [-0.15, -0.1) is 0 Å². The third kappa shape index (κ3) is 0.754. The van der Waals surface area contributed by atoms with Gasteiger partial charge >= 0.3 is 0 Å². The van der Waals surface area contributed by atoms with Gasteiger partial charge in [0.15, 0.2) is 0 Å². The lowest BCUT2D eigenvalue weighted by Gasteiger charge is -1.81. The summed E-state index contributed by atoms with van der Waals surface area (Å²) in [5, 5.41) is 0. The molecule has 0 aliphatic carbocycles. The molecule has 0 N–H and O–H groups in total. The van der Waals surface area contributed by atoms with Crippen molar-refractivity contribution in [3.8, 4) is 0 Å². The van der Waals surface area contributed by atoms with E-state index >= 15 is 0 Å². The number of rotatable bonds is 0. The number of fused-ring (bicyclic) bond motifs is 1. The number of nitrogens with zero attached hydrogens (tertiary/aromatic N) is 1. The molecule has 43 valence electrons. The fraction of sp³-hybridized carbons (Fsp3) is 0. The molecule has 1 aliphatic rings. The van der Waals surface area contributed by atoms with Crippen LogP contribution in [0.15, 0.2) is 29.2 Å². The van der Waals surface area contributed by atoms with Crippen LogP contribution in [0.4, 0.5) is 5.69 Å². The molecule has 0 fully saturated rings. The molecule has 2 heteroatoms. The van der Waals surface area contributed by atoms with Gasteiger partial charge in [0.05, 0.1) is 9.89 Å². The molecule has 0 atom stereocenters. The molecule has 9 heavy (non-hydrogen) atoms. The Labute approximate surface area is 57.8 Å². The summed E-state index contributed by atoms with van der Waals surface area (Å²) in [5.74, 6) is 0. The second-order valence-corrected chi connectivity index (χ2v) is 2.71. The lowest BCUT2D eigenvalue weighted by atomic mass is 10.3. The van der Waals surface area contributed by atoms with Gasteiger partial charge in [0.25, 0.3) is 11.2 Å². The summed E-state index contributed by atoms with van der Waals surface area (Å²) >= 11 is 1.68. The lowest BCUT2D eigenvalue weighted by Crippen LogP contribution is -1.71. The number of aliphatic imine (C=N–C) groups is 1. The highest BCUT2D eigenvalue weighted by Gasteiger charge is 2.16. The van der Waals surface area contributed by atoms with Crippen LogP contribution in [0.2, 0.25) is 0 Å². The number of benzene rings is 1. The SMILES string of the molecule is C1=[N+]c2ccccc2S1. The van der Waals surface area contributed by atoms with Gasteiger partial charge in [-0.1, -0.05) is 12.1 Å². The van der Waals surface area contributed by atoms with Gasteiger partial charge in [0, 0.05) is 6.07 Å². The number of hydrogen-bond acceptors (Lipinski definition) is 2. The van der Waals surface area contributed by atoms with E-state index in [0.717, 1.165) is 5.69 Å². The molecule has 1 radical (unpaired) electrons. The summed E-state index contributed by atoms with van der Waals surface area (Å²) < 4.78 is 0. The molecule has 1 aromatic rings. The maximum absolute atomic E-state index is 4.14. The van der Waals surface area contributed by atoms with Crippen molar-refractivity contribution in [2.45, 2.75) is 4.90 Å². The Bertz CT molecular complexity index is 255. The maximum atomic E-state index is 4.14. The topological polar surface area (TPSA) is 14.1 Å². The molecular formula is C7H5NS+. The van der Waals surface area contributed by atoms with Crippen molar-refractivity contribution < 1.29 is 0 Å². The van der Waals surface area contributed by atoms with E-state index in [9.17, 15) is 0 Å². The summed E-state index contributed by atoms with van der Waals surface area (Å²) in [6.07, 6.45) is 0. The Hall–Kier alpha value is -0.760. The summed E-state index contributed by atoms with van der Waals surface area (Å²) in [6.45, 7) is 0. The Morgan fingerprint density at radius 3 is 3.00 bits per heavy atom. The molecule has 0 aromatic heterocycles. The average molecular weight is 135 g/mol. The largest absolute Gasteiger partial charge is 0.291 e. The highest BCUT2D eigenvalue weighted by molar-refractivity contribution is 8.12. The molecule has 1 nitrogen and oxygen atoms in total. The monoisotopic (exact) mass is 135 g/mol. The van der Waals surface area contributed by atoms with Crippen LogP contribution in [0, 0.1) is 0 Å². The molecule has 0 amide bonds. The van der Waals surface area contributed by atoms with Crippen molar-refractivity contribution in [2.75, 3.05) is 0 Å². The minimum absolute atomic E-state index is 1.10. The predicted molar refractivity (Wildman–Crippen MR) is 40.2 cm³/mol. The summed E-state index contributed by atoms with van der Waals surface area (Å²) in [7, 11) is 0. The van der Waals surface area contributed by atoms with Crippen LogP contribution in [0.5, 0.6) is 0 Å². The third-order valence-corrected chi connectivity index (χ3v) is 2.05. The van der Waals surface area contributed by atoms with Gasteiger partial charge < -0.3 is 0 Å². The van der Waals surface area contributed by atoms with E-state index in [4.69, 9.17) is 0 Å². The van der Waals surface area contributed by atoms with Crippen LogP contribution in [-0.4, -0.2) is 5.55 Å². The molecule has 0 saturated carbocycles. The zero-order valence-corrected chi connectivity index (χ0v) is 5.56. The van der Waals surface area contributed by atoms with Crippen molar-refractivity contribution in [1.29, 1.82) is 0 Å². The highest BCUT2D eigenvalue weighted by atomic mass is 32.2. The molecule has 0 spiro atoms. The first-order chi connectivity index (χ1) is 4.47. The zero-order chi connectivity index (χ0) is 6.10. The first kappa shape index (κ1) is 5.06. The number of thioether (sulfide) groups is 1. The van der Waals surface area contributed by atoms with Crippen LogP contribution < -0.4 is 4.99 Å². The fourth-order valence-electron chi connectivity index (χ4n) is 0.803. The first-order valence-electron chi connectivity index (χ1n) is 2.75. The van der Waals surface area contributed by atoms with Crippen molar-refractivity contribution in [3.05, 3.63) is 24.3 Å². The molecular weight excluding hydrogens is 130 g/mol. The van der Waals surface area contributed by atoms with Gasteiger partial charge in [0.2, 0.25) is 0 Å². The second-order valence-electron chi connectivity index (χ2n) is 1.82. The number of para-hydroxylation sites is 1. The maximum Gasteiger partial charge on any atom is 0.291 e. The van der Waals surface area contributed by atoms with Crippen LogP contribution in [-0.2, 0) is 0 Å². The summed E-state index contributed by atoms with van der Waals surface area (Å²) in [5.41, 5.74) is 2.97. The van der Waals surface area contributed by atoms with E-state index in [1.807, 2.05) is 23.7 Å². The van der Waals surface area contributed by atoms with Gasteiger partial charge in [-0.05, 0) is 17.8 Å². The second kappa shape index (κ2) is 1.88. The van der Waals surface area contributed by atoms with E-state index < -0.39 is 0 Å². The van der Waals surface area contributed by atoms with Gasteiger partial charge in [-0.2, -0.15) is 0 Å². The minimum atomic E-state index is 1.10. The number of hydrogen-bond donors (Lipinski definition) is 0. The van der Waals surface area contributed by atoms with Gasteiger partial charge in [-0.25, -0.2) is 0 Å². The lowest BCUT2D eigenvalue weighted by molar-refractivity contribution is 1.32. The Balaban J connectivity index is 2.63. The molecule has 0 saturated heterocycles. The molecule has 1 aliphatic heterocycles. The quantitative estimate of drug-likeness (QED) is 0.529. The van der Waals surface area contributed by atoms with Crippen molar-refractivity contribution in [2.24, 2.45) is 0 Å². The van der Waals surface area contributed by atoms with Crippen LogP contribution in [0.1, 0.15) is 0 Å². The molecule has 0 bridgehead atoms. The summed E-state index contributed by atoms with van der Waals surface area (Å²) in [6, 6.07) is 8.13. The van der Waals surface area contributed by atoms with Crippen molar-refractivity contribution in [3.63, 3.8) is 0 Å². The Morgan fingerprint density at radius 1 is 1.22 bits per heavy atom. The zero-order valence-electron chi connectivity index (χ0n) is 4.74. The molecule has 2 rings (SSSR count). The van der Waals surface area contributed by atoms with Gasteiger partial charge in [0.1, 0.15) is 0 Å². The van der Waals surface area contributed by atoms with Crippen LogP contribution in [0.3, 0.4) is 0 Å². The van der Waals surface area contributed by atoms with E-state index in [2.05, 4.69) is 11.1 Å². The molecule has 1 heterocycles. The Morgan fingerprint density at radius 2 is 2.11 bits per heavy atom. The normalized spacial score (nSPS) is 13.8. The van der Waals surface area contributed by atoms with Crippen LogP contribution >= 0.6 is 11.8 Å². The van der Waals surface area contributed by atoms with Crippen molar-refractivity contribution >= 4 is 23.0 Å². The van der Waals surface area contributed by atoms with Crippen molar-refractivity contribution in [1.82, 2.24) is 4.99 Å². The third-order valence-electron chi connectivity index (χ3n) is 1.24. The fourth-order valence-corrected chi connectivity index (χ4v) is 1.48. The average Bonchev–Trinajstić information content (AvgIpc) is 2.33. The van der Waals surface area contributed by atoms with Crippen LogP contribution in [0.25, 0.3) is 0 Å². The molecule has 0 unspecified atom stereocenters. The summed E-state index contributed by atoms with van der Waals surface area (Å²) in [4.78, 5) is 5.40. The highest BCUT2D eigenvalue weighted by Crippen LogP contribution is 2.27. The predicted octanol–water partition coefficient (Wildman–Crippen LogP) is 1.79. The molecule has 1 aromatic carbocycles. The van der Waals surface area contributed by atoms with Gasteiger partial charge in [-0.3, -0.25) is 0 Å². The smallest absolute Gasteiger partial charge is 0.0606 e. The van der Waals surface area contributed by atoms with E-state index in [-0.39, 0.29) is 0 Å². The minimum Gasteiger partial charge on any atom is -0.0606 e.